The average Bonchev–Trinajstić information content (AvgIpc) is 2.39. The predicted octanol–water partition coefficient (Wildman–Crippen LogP) is 2.86. The number of nitrogens with zero attached hydrogens (tertiary/aromatic N) is 2. The number of nitrogens with two attached hydrogens (primary N) is 1. The fraction of sp³-hybridized carbons (Fsp3) is 0.625. The van der Waals surface area contributed by atoms with E-state index in [0.29, 0.717) is 12.1 Å². The Bertz CT molecular complexity index is 425. The number of hydrogen-bond acceptors (Lipinski definition) is 3. The van der Waals surface area contributed by atoms with Crippen molar-refractivity contribution in [2.75, 3.05) is 27.2 Å². The van der Waals surface area contributed by atoms with Gasteiger partial charge in [0.15, 0.2) is 0 Å². The van der Waals surface area contributed by atoms with Crippen molar-refractivity contribution in [2.24, 2.45) is 5.73 Å². The number of benzene rings is 1. The minimum Gasteiger partial charge on any atom is -0.326 e. The summed E-state index contributed by atoms with van der Waals surface area (Å²) in [5, 5.41) is 0. The van der Waals surface area contributed by atoms with Crippen molar-refractivity contribution < 1.29 is 0 Å². The monoisotopic (exact) mass is 339 g/mol. The normalized spacial score (nSPS) is 21.1. The zero-order valence-corrected chi connectivity index (χ0v) is 14.3. The van der Waals surface area contributed by atoms with Crippen molar-refractivity contribution in [1.29, 1.82) is 0 Å². The highest BCUT2D eigenvalue weighted by molar-refractivity contribution is 9.10. The van der Waals surface area contributed by atoms with Crippen LogP contribution in [0.2, 0.25) is 0 Å². The third kappa shape index (κ3) is 3.82. The summed E-state index contributed by atoms with van der Waals surface area (Å²) in [6, 6.07) is 9.72. The summed E-state index contributed by atoms with van der Waals surface area (Å²) in [5.41, 5.74) is 7.59. The first-order valence-electron chi connectivity index (χ1n) is 7.40. The summed E-state index contributed by atoms with van der Waals surface area (Å²) in [6.07, 6.45) is 2.45. The molecule has 2 rings (SSSR count). The Labute approximate surface area is 131 Å². The first-order chi connectivity index (χ1) is 9.49. The molecule has 2 unspecified atom stereocenters. The van der Waals surface area contributed by atoms with E-state index in [1.165, 1.54) is 18.4 Å². The molecule has 20 heavy (non-hydrogen) atoms. The molecule has 1 aromatic carbocycles. The molecule has 2 atom stereocenters. The van der Waals surface area contributed by atoms with E-state index in [-0.39, 0.29) is 6.04 Å². The zero-order chi connectivity index (χ0) is 14.7. The third-order valence-electron chi connectivity index (χ3n) is 4.31. The standard InChI is InChI=1S/C16H26BrN3/c1-12(18)16(13-5-4-6-14(17)11-13)20-9-7-15(8-10-20)19(2)3/h4-6,11-12,15-16H,7-10,18H2,1-3H3. The first kappa shape index (κ1) is 16.0. The lowest BCUT2D eigenvalue weighted by molar-refractivity contribution is 0.0982. The average molecular weight is 340 g/mol. The molecule has 1 aliphatic rings. The van der Waals surface area contributed by atoms with Crippen LogP contribution in [0.3, 0.4) is 0 Å². The van der Waals surface area contributed by atoms with E-state index < -0.39 is 0 Å². The highest BCUT2D eigenvalue weighted by Gasteiger charge is 2.29. The molecule has 0 aliphatic carbocycles. The maximum absolute atomic E-state index is 6.28. The van der Waals surface area contributed by atoms with Crippen LogP contribution >= 0.6 is 15.9 Å². The lowest BCUT2D eigenvalue weighted by atomic mass is 9.95. The smallest absolute Gasteiger partial charge is 0.0496 e. The molecule has 1 heterocycles. The summed E-state index contributed by atoms with van der Waals surface area (Å²) in [6.45, 7) is 4.37. The van der Waals surface area contributed by atoms with E-state index in [4.69, 9.17) is 5.73 Å². The van der Waals surface area contributed by atoms with Crippen molar-refractivity contribution in [2.45, 2.75) is 37.9 Å². The van der Waals surface area contributed by atoms with Crippen LogP contribution in [0.15, 0.2) is 28.7 Å². The van der Waals surface area contributed by atoms with Crippen LogP contribution in [0.4, 0.5) is 0 Å². The highest BCUT2D eigenvalue weighted by Crippen LogP contribution is 2.29. The van der Waals surface area contributed by atoms with Crippen molar-refractivity contribution >= 4 is 15.9 Å². The largest absolute Gasteiger partial charge is 0.326 e. The molecule has 0 aromatic heterocycles. The minimum absolute atomic E-state index is 0.139. The van der Waals surface area contributed by atoms with Crippen LogP contribution in [0.25, 0.3) is 0 Å². The highest BCUT2D eigenvalue weighted by atomic mass is 79.9. The van der Waals surface area contributed by atoms with Crippen molar-refractivity contribution in [3.05, 3.63) is 34.3 Å². The topological polar surface area (TPSA) is 32.5 Å². The summed E-state index contributed by atoms with van der Waals surface area (Å²) in [7, 11) is 4.36. The molecule has 0 spiro atoms. The number of piperidine rings is 1. The first-order valence-corrected chi connectivity index (χ1v) is 8.20. The van der Waals surface area contributed by atoms with Gasteiger partial charge in [0.05, 0.1) is 0 Å². The van der Waals surface area contributed by atoms with Gasteiger partial charge in [-0.05, 0) is 51.6 Å². The number of likely N-dealkylation sites (tertiary alicyclic amines) is 1. The van der Waals surface area contributed by atoms with E-state index in [1.807, 2.05) is 0 Å². The second-order valence-electron chi connectivity index (χ2n) is 6.09. The van der Waals surface area contributed by atoms with Crippen LogP contribution in [-0.2, 0) is 0 Å². The lowest BCUT2D eigenvalue weighted by Crippen LogP contribution is -2.47. The van der Waals surface area contributed by atoms with Crippen molar-refractivity contribution in [1.82, 2.24) is 9.80 Å². The fourth-order valence-corrected chi connectivity index (χ4v) is 3.63. The summed E-state index contributed by atoms with van der Waals surface area (Å²) >= 11 is 3.57. The van der Waals surface area contributed by atoms with Gasteiger partial charge >= 0.3 is 0 Å². The van der Waals surface area contributed by atoms with E-state index >= 15 is 0 Å². The third-order valence-corrected chi connectivity index (χ3v) is 4.80. The zero-order valence-electron chi connectivity index (χ0n) is 12.7. The Hall–Kier alpha value is -0.420. The van der Waals surface area contributed by atoms with Gasteiger partial charge in [-0.25, -0.2) is 0 Å². The molecule has 4 heteroatoms. The molecule has 1 saturated heterocycles. The Kier molecular flexibility index (Phi) is 5.61. The van der Waals surface area contributed by atoms with E-state index in [2.05, 4.69) is 71.0 Å². The van der Waals surface area contributed by atoms with Gasteiger partial charge in [-0.3, -0.25) is 4.90 Å². The van der Waals surface area contributed by atoms with Gasteiger partial charge in [-0.2, -0.15) is 0 Å². The fourth-order valence-electron chi connectivity index (χ4n) is 3.22. The second kappa shape index (κ2) is 7.03. The van der Waals surface area contributed by atoms with Gasteiger partial charge in [-0.1, -0.05) is 28.1 Å². The van der Waals surface area contributed by atoms with E-state index in [9.17, 15) is 0 Å². The van der Waals surface area contributed by atoms with Gasteiger partial charge in [0.25, 0.3) is 0 Å². The summed E-state index contributed by atoms with van der Waals surface area (Å²) in [5.74, 6) is 0. The molecule has 112 valence electrons. The summed E-state index contributed by atoms with van der Waals surface area (Å²) in [4.78, 5) is 4.89. The Morgan fingerprint density at radius 3 is 2.45 bits per heavy atom. The molecule has 0 radical (unpaired) electrons. The Balaban J connectivity index is 2.11. The minimum atomic E-state index is 0.139. The van der Waals surface area contributed by atoms with Gasteiger partial charge in [0.2, 0.25) is 0 Å². The molecule has 1 fully saturated rings. The molecule has 1 aliphatic heterocycles. The van der Waals surface area contributed by atoms with Gasteiger partial charge < -0.3 is 10.6 Å². The Morgan fingerprint density at radius 2 is 1.95 bits per heavy atom. The Morgan fingerprint density at radius 1 is 1.30 bits per heavy atom. The molecule has 1 aromatic rings. The quantitative estimate of drug-likeness (QED) is 0.915. The van der Waals surface area contributed by atoms with E-state index in [0.717, 1.165) is 17.6 Å². The molecule has 0 amide bonds. The van der Waals surface area contributed by atoms with Crippen LogP contribution < -0.4 is 5.73 Å². The summed E-state index contributed by atoms with van der Waals surface area (Å²) < 4.78 is 1.13. The van der Waals surface area contributed by atoms with Gasteiger partial charge in [-0.15, -0.1) is 0 Å². The second-order valence-corrected chi connectivity index (χ2v) is 7.01. The van der Waals surface area contributed by atoms with Gasteiger partial charge in [0, 0.05) is 35.7 Å². The van der Waals surface area contributed by atoms with Crippen LogP contribution in [0.1, 0.15) is 31.4 Å². The number of rotatable bonds is 4. The van der Waals surface area contributed by atoms with E-state index in [1.54, 1.807) is 0 Å². The SMILES string of the molecule is CC(N)C(c1cccc(Br)c1)N1CCC(N(C)C)CC1. The maximum atomic E-state index is 6.28. The lowest BCUT2D eigenvalue weighted by Gasteiger charge is -2.41. The van der Waals surface area contributed by atoms with Crippen molar-refractivity contribution in [3.63, 3.8) is 0 Å². The molecule has 2 N–H and O–H groups in total. The number of halogens is 1. The van der Waals surface area contributed by atoms with Crippen LogP contribution in [0, 0.1) is 0 Å². The molecular formula is C16H26BrN3. The van der Waals surface area contributed by atoms with Gasteiger partial charge in [0.1, 0.15) is 0 Å². The molecular weight excluding hydrogens is 314 g/mol. The molecule has 0 bridgehead atoms. The van der Waals surface area contributed by atoms with Crippen LogP contribution in [0.5, 0.6) is 0 Å². The van der Waals surface area contributed by atoms with Crippen molar-refractivity contribution in [3.8, 4) is 0 Å². The number of hydrogen-bond donors (Lipinski definition) is 1. The molecule has 0 saturated carbocycles. The molecule has 3 nitrogen and oxygen atoms in total. The predicted molar refractivity (Wildman–Crippen MR) is 88.8 cm³/mol. The van der Waals surface area contributed by atoms with Crippen LogP contribution in [-0.4, -0.2) is 49.1 Å². The maximum Gasteiger partial charge on any atom is 0.0496 e.